The Morgan fingerprint density at radius 1 is 1.21 bits per heavy atom. The average molecular weight is 262 g/mol. The molecule has 2 atom stereocenters. The van der Waals surface area contributed by atoms with Crippen molar-refractivity contribution >= 4 is 11.9 Å². The third kappa shape index (κ3) is 3.34. The van der Waals surface area contributed by atoms with Crippen molar-refractivity contribution in [3.63, 3.8) is 0 Å². The van der Waals surface area contributed by atoms with Crippen molar-refractivity contribution in [3.05, 3.63) is 35.4 Å². The van der Waals surface area contributed by atoms with Crippen LogP contribution in [0.4, 0.5) is 0 Å². The highest BCUT2D eigenvalue weighted by Crippen LogP contribution is 2.34. The standard InChI is InChI=1S/C15H18O4/c1-10(16)18-9-14-13-6-4-3-5-12(13)7-8-15(14)19-11(2)17/h3-6,14-15H,7-9H2,1-2H3/t14-,15+/m1/s1. The molecule has 0 saturated carbocycles. The van der Waals surface area contributed by atoms with Gasteiger partial charge in [0.2, 0.25) is 0 Å². The van der Waals surface area contributed by atoms with Crippen molar-refractivity contribution in [1.82, 2.24) is 0 Å². The molecule has 1 aromatic carbocycles. The SMILES string of the molecule is CC(=O)OC[C@@H]1c2ccccc2CC[C@@H]1OC(C)=O. The van der Waals surface area contributed by atoms with Crippen molar-refractivity contribution in [1.29, 1.82) is 0 Å². The van der Waals surface area contributed by atoms with E-state index < -0.39 is 0 Å². The second kappa shape index (κ2) is 5.87. The van der Waals surface area contributed by atoms with E-state index in [0.29, 0.717) is 0 Å². The number of esters is 2. The highest BCUT2D eigenvalue weighted by molar-refractivity contribution is 5.67. The largest absolute Gasteiger partial charge is 0.465 e. The fraction of sp³-hybridized carbons (Fsp3) is 0.467. The summed E-state index contributed by atoms with van der Waals surface area (Å²) in [6, 6.07) is 8.03. The quantitative estimate of drug-likeness (QED) is 0.784. The normalized spacial score (nSPS) is 21.4. The lowest BCUT2D eigenvalue weighted by atomic mass is 9.81. The molecule has 0 aromatic heterocycles. The van der Waals surface area contributed by atoms with Crippen LogP contribution in [0.3, 0.4) is 0 Å². The van der Waals surface area contributed by atoms with Gasteiger partial charge in [0, 0.05) is 13.8 Å². The van der Waals surface area contributed by atoms with Gasteiger partial charge in [-0.3, -0.25) is 9.59 Å². The summed E-state index contributed by atoms with van der Waals surface area (Å²) in [5.74, 6) is -0.681. The number of rotatable bonds is 3. The fourth-order valence-electron chi connectivity index (χ4n) is 2.58. The van der Waals surface area contributed by atoms with Gasteiger partial charge in [-0.2, -0.15) is 0 Å². The summed E-state index contributed by atoms with van der Waals surface area (Å²) >= 11 is 0. The maximum atomic E-state index is 11.2. The van der Waals surface area contributed by atoms with E-state index in [4.69, 9.17) is 9.47 Å². The predicted octanol–water partition coefficient (Wildman–Crippen LogP) is 2.21. The number of fused-ring (bicyclic) bond motifs is 1. The molecule has 0 aliphatic heterocycles. The van der Waals surface area contributed by atoms with Gasteiger partial charge in [-0.1, -0.05) is 24.3 Å². The van der Waals surface area contributed by atoms with E-state index in [1.54, 1.807) is 0 Å². The third-order valence-corrected chi connectivity index (χ3v) is 3.39. The van der Waals surface area contributed by atoms with E-state index in [2.05, 4.69) is 6.07 Å². The zero-order chi connectivity index (χ0) is 13.8. The molecular formula is C15H18O4. The number of hydrogen-bond acceptors (Lipinski definition) is 4. The lowest BCUT2D eigenvalue weighted by molar-refractivity contribution is -0.150. The molecule has 0 saturated heterocycles. The van der Waals surface area contributed by atoms with Gasteiger partial charge < -0.3 is 9.47 Å². The maximum absolute atomic E-state index is 11.2. The number of carbonyl (C=O) groups is 2. The molecule has 102 valence electrons. The highest BCUT2D eigenvalue weighted by atomic mass is 16.6. The van der Waals surface area contributed by atoms with Crippen LogP contribution in [0.25, 0.3) is 0 Å². The summed E-state index contributed by atoms with van der Waals surface area (Å²) in [7, 11) is 0. The Balaban J connectivity index is 2.22. The van der Waals surface area contributed by atoms with Crippen LogP contribution in [0, 0.1) is 0 Å². The van der Waals surface area contributed by atoms with Crippen molar-refractivity contribution in [2.75, 3.05) is 6.61 Å². The molecule has 0 radical (unpaired) electrons. The summed E-state index contributed by atoms with van der Waals surface area (Å²) in [5, 5.41) is 0. The molecule has 1 aromatic rings. The summed E-state index contributed by atoms with van der Waals surface area (Å²) in [6.07, 6.45) is 1.43. The first-order valence-corrected chi connectivity index (χ1v) is 6.46. The molecule has 0 heterocycles. The van der Waals surface area contributed by atoms with E-state index in [0.717, 1.165) is 18.4 Å². The van der Waals surface area contributed by atoms with Gasteiger partial charge in [0.25, 0.3) is 0 Å². The van der Waals surface area contributed by atoms with E-state index in [1.807, 2.05) is 18.2 Å². The van der Waals surface area contributed by atoms with Gasteiger partial charge in [-0.05, 0) is 24.0 Å². The Morgan fingerprint density at radius 3 is 2.63 bits per heavy atom. The summed E-state index contributed by atoms with van der Waals surface area (Å²) in [4.78, 5) is 22.2. The zero-order valence-corrected chi connectivity index (χ0v) is 11.2. The molecule has 0 bridgehead atoms. The van der Waals surface area contributed by atoms with Gasteiger partial charge in [0.1, 0.15) is 12.7 Å². The number of carbonyl (C=O) groups excluding carboxylic acids is 2. The van der Waals surface area contributed by atoms with Crippen LogP contribution in [0.1, 0.15) is 37.3 Å². The molecule has 0 fully saturated rings. The molecule has 1 aliphatic carbocycles. The van der Waals surface area contributed by atoms with E-state index in [1.165, 1.54) is 19.4 Å². The monoisotopic (exact) mass is 262 g/mol. The van der Waals surface area contributed by atoms with Crippen molar-refractivity contribution < 1.29 is 19.1 Å². The minimum absolute atomic E-state index is 0.0715. The van der Waals surface area contributed by atoms with Crippen molar-refractivity contribution in [2.24, 2.45) is 0 Å². The Bertz CT molecular complexity index is 481. The smallest absolute Gasteiger partial charge is 0.302 e. The van der Waals surface area contributed by atoms with Crippen molar-refractivity contribution in [2.45, 2.75) is 38.7 Å². The van der Waals surface area contributed by atoms with Crippen LogP contribution >= 0.6 is 0 Å². The molecule has 0 amide bonds. The lowest BCUT2D eigenvalue weighted by Crippen LogP contribution is -2.33. The van der Waals surface area contributed by atoms with Crippen LogP contribution in [0.2, 0.25) is 0 Å². The van der Waals surface area contributed by atoms with Crippen LogP contribution in [-0.4, -0.2) is 24.6 Å². The highest BCUT2D eigenvalue weighted by Gasteiger charge is 2.32. The Hall–Kier alpha value is -1.84. The van der Waals surface area contributed by atoms with Gasteiger partial charge >= 0.3 is 11.9 Å². The van der Waals surface area contributed by atoms with Gasteiger partial charge in [-0.15, -0.1) is 0 Å². The molecule has 4 nitrogen and oxygen atoms in total. The number of ether oxygens (including phenoxy) is 2. The molecule has 2 rings (SSSR count). The topological polar surface area (TPSA) is 52.6 Å². The lowest BCUT2D eigenvalue weighted by Gasteiger charge is -2.32. The summed E-state index contributed by atoms with van der Waals surface area (Å²) in [5.41, 5.74) is 2.35. The molecular weight excluding hydrogens is 244 g/mol. The summed E-state index contributed by atoms with van der Waals surface area (Å²) < 4.78 is 10.5. The van der Waals surface area contributed by atoms with Crippen LogP contribution in [0.15, 0.2) is 24.3 Å². The number of hydrogen-bond donors (Lipinski definition) is 0. The van der Waals surface area contributed by atoms with E-state index >= 15 is 0 Å². The molecule has 0 unspecified atom stereocenters. The average Bonchev–Trinajstić information content (AvgIpc) is 2.36. The third-order valence-electron chi connectivity index (χ3n) is 3.39. The van der Waals surface area contributed by atoms with E-state index in [9.17, 15) is 9.59 Å². The first kappa shape index (κ1) is 13.6. The molecule has 0 spiro atoms. The zero-order valence-electron chi connectivity index (χ0n) is 11.2. The number of aryl methyl sites for hydroxylation is 1. The predicted molar refractivity (Wildman–Crippen MR) is 69.7 cm³/mol. The number of benzene rings is 1. The Kier molecular flexibility index (Phi) is 4.20. The Labute approximate surface area is 112 Å². The molecule has 1 aliphatic rings. The second-order valence-corrected chi connectivity index (χ2v) is 4.79. The van der Waals surface area contributed by atoms with Gasteiger partial charge in [0.15, 0.2) is 0 Å². The minimum atomic E-state index is -0.315. The first-order chi connectivity index (χ1) is 9.08. The molecule has 0 N–H and O–H groups in total. The van der Waals surface area contributed by atoms with Gasteiger partial charge in [-0.25, -0.2) is 0 Å². The van der Waals surface area contributed by atoms with E-state index in [-0.39, 0.29) is 30.6 Å². The Morgan fingerprint density at radius 2 is 1.95 bits per heavy atom. The summed E-state index contributed by atoms with van der Waals surface area (Å²) in [6.45, 7) is 3.04. The fourth-order valence-corrected chi connectivity index (χ4v) is 2.58. The van der Waals surface area contributed by atoms with Gasteiger partial charge in [0.05, 0.1) is 5.92 Å². The maximum Gasteiger partial charge on any atom is 0.302 e. The molecule has 4 heteroatoms. The minimum Gasteiger partial charge on any atom is -0.465 e. The first-order valence-electron chi connectivity index (χ1n) is 6.46. The van der Waals surface area contributed by atoms with Crippen molar-refractivity contribution in [3.8, 4) is 0 Å². The molecule has 19 heavy (non-hydrogen) atoms. The van der Waals surface area contributed by atoms with Crippen LogP contribution in [-0.2, 0) is 25.5 Å². The second-order valence-electron chi connectivity index (χ2n) is 4.79. The van der Waals surface area contributed by atoms with Crippen LogP contribution < -0.4 is 0 Å². The van der Waals surface area contributed by atoms with Crippen LogP contribution in [0.5, 0.6) is 0 Å².